The topological polar surface area (TPSA) is 46.3 Å². The summed E-state index contributed by atoms with van der Waals surface area (Å²) >= 11 is 5.65. The van der Waals surface area contributed by atoms with E-state index in [1.165, 1.54) is 11.1 Å². The molecule has 0 radical (unpaired) electrons. The van der Waals surface area contributed by atoms with Gasteiger partial charge in [0.05, 0.1) is 12.4 Å². The fourth-order valence-corrected chi connectivity index (χ4v) is 3.81. The van der Waals surface area contributed by atoms with E-state index in [4.69, 9.17) is 12.2 Å². The Bertz CT molecular complexity index is 874. The van der Waals surface area contributed by atoms with Crippen LogP contribution in [-0.4, -0.2) is 56.2 Å². The van der Waals surface area contributed by atoms with Gasteiger partial charge in [0, 0.05) is 32.1 Å². The molecule has 2 aromatic rings. The molecule has 1 saturated heterocycles. The van der Waals surface area contributed by atoms with Crippen LogP contribution in [-0.2, 0) is 11.5 Å². The minimum atomic E-state index is 0.309. The zero-order valence-electron chi connectivity index (χ0n) is 15.4. The number of aryl methyl sites for hydroxylation is 2. The molecule has 1 aliphatic carbocycles. The Kier molecular flexibility index (Phi) is 4.67. The maximum absolute atomic E-state index is 12.2. The van der Waals surface area contributed by atoms with Gasteiger partial charge in [-0.15, -0.1) is 0 Å². The Balaban J connectivity index is 1.43. The van der Waals surface area contributed by atoms with Crippen molar-refractivity contribution < 1.29 is 4.79 Å². The molecule has 0 unspecified atom stereocenters. The summed E-state index contributed by atoms with van der Waals surface area (Å²) in [5.74, 6) is 0.656. The fraction of sp³-hybridized carbons (Fsp3) is 0.526. The van der Waals surface area contributed by atoms with E-state index in [0.717, 1.165) is 44.7 Å². The lowest BCUT2D eigenvalue weighted by Crippen LogP contribution is -2.49. The van der Waals surface area contributed by atoms with Crippen LogP contribution < -0.4 is 0 Å². The molecule has 4 rings (SSSR count). The molecule has 7 heteroatoms. The molecular formula is C19H25N5OS. The molecule has 1 saturated carbocycles. The summed E-state index contributed by atoms with van der Waals surface area (Å²) in [7, 11) is 0. The molecule has 0 spiro atoms. The highest BCUT2D eigenvalue weighted by Gasteiger charge is 2.34. The van der Waals surface area contributed by atoms with Gasteiger partial charge in [-0.3, -0.25) is 14.3 Å². The predicted molar refractivity (Wildman–Crippen MR) is 103 cm³/mol. The highest BCUT2D eigenvalue weighted by Crippen LogP contribution is 2.31. The van der Waals surface area contributed by atoms with Crippen LogP contribution in [0.3, 0.4) is 0 Å². The summed E-state index contributed by atoms with van der Waals surface area (Å²) in [4.78, 5) is 16.5. The molecule has 0 atom stereocenters. The van der Waals surface area contributed by atoms with Crippen molar-refractivity contribution in [2.45, 2.75) is 33.4 Å². The molecule has 0 N–H and O–H groups in total. The maximum Gasteiger partial charge on any atom is 0.225 e. The SMILES string of the molecule is Cc1ccc(-n2cnn(CN3CCN(C(=O)C4CC4)CC3)c2=S)c(C)c1. The Morgan fingerprint density at radius 1 is 1.19 bits per heavy atom. The van der Waals surface area contributed by atoms with Crippen molar-refractivity contribution in [1.82, 2.24) is 24.1 Å². The molecule has 1 aromatic heterocycles. The normalized spacial score (nSPS) is 18.3. The highest BCUT2D eigenvalue weighted by molar-refractivity contribution is 7.71. The van der Waals surface area contributed by atoms with Crippen LogP contribution in [0.1, 0.15) is 24.0 Å². The summed E-state index contributed by atoms with van der Waals surface area (Å²) in [6.07, 6.45) is 3.95. The molecule has 1 aromatic carbocycles. The van der Waals surface area contributed by atoms with Gasteiger partial charge in [-0.2, -0.15) is 5.10 Å². The largest absolute Gasteiger partial charge is 0.340 e. The number of aromatic nitrogens is 3. The van der Waals surface area contributed by atoms with Crippen LogP contribution in [0.4, 0.5) is 0 Å². The Hall–Kier alpha value is -1.99. The lowest BCUT2D eigenvalue weighted by Gasteiger charge is -2.34. The number of piperazine rings is 1. The number of nitrogens with zero attached hydrogens (tertiary/aromatic N) is 5. The van der Waals surface area contributed by atoms with Crippen molar-refractivity contribution in [1.29, 1.82) is 0 Å². The Morgan fingerprint density at radius 3 is 2.58 bits per heavy atom. The first-order valence-electron chi connectivity index (χ1n) is 9.26. The minimum absolute atomic E-state index is 0.309. The van der Waals surface area contributed by atoms with E-state index in [9.17, 15) is 4.79 Å². The van der Waals surface area contributed by atoms with E-state index in [1.807, 2.05) is 14.1 Å². The lowest BCUT2D eigenvalue weighted by molar-refractivity contribution is -0.134. The average Bonchev–Trinajstić information content (AvgIpc) is 3.42. The van der Waals surface area contributed by atoms with Crippen molar-refractivity contribution in [3.05, 3.63) is 40.4 Å². The summed E-state index contributed by atoms with van der Waals surface area (Å²) in [6.45, 7) is 8.21. The van der Waals surface area contributed by atoms with Gasteiger partial charge in [0.15, 0.2) is 0 Å². The summed E-state index contributed by atoms with van der Waals surface area (Å²) in [5.41, 5.74) is 3.50. The standard InChI is InChI=1S/C19H25N5OS/c1-14-3-6-17(15(2)11-14)23-12-20-24(19(23)26)13-21-7-9-22(10-8-21)18(25)16-4-5-16/h3,6,11-12,16H,4-5,7-10,13H2,1-2H3. The van der Waals surface area contributed by atoms with Crippen molar-refractivity contribution in [3.8, 4) is 5.69 Å². The zero-order chi connectivity index (χ0) is 18.3. The van der Waals surface area contributed by atoms with Crippen LogP contribution in [0, 0.1) is 24.5 Å². The van der Waals surface area contributed by atoms with Gasteiger partial charge in [-0.25, -0.2) is 4.68 Å². The second kappa shape index (κ2) is 6.96. The summed E-state index contributed by atoms with van der Waals surface area (Å²) < 4.78 is 4.54. The van der Waals surface area contributed by atoms with Crippen molar-refractivity contribution in [2.75, 3.05) is 26.2 Å². The van der Waals surface area contributed by atoms with E-state index in [2.05, 4.69) is 42.0 Å². The summed E-state index contributed by atoms with van der Waals surface area (Å²) in [5, 5.41) is 4.50. The second-order valence-corrected chi connectivity index (χ2v) is 7.80. The molecule has 2 aliphatic rings. The van der Waals surface area contributed by atoms with Crippen LogP contribution in [0.2, 0.25) is 0 Å². The molecule has 26 heavy (non-hydrogen) atoms. The van der Waals surface area contributed by atoms with Gasteiger partial charge >= 0.3 is 0 Å². The highest BCUT2D eigenvalue weighted by atomic mass is 32.1. The van der Waals surface area contributed by atoms with Crippen LogP contribution >= 0.6 is 12.2 Å². The predicted octanol–water partition coefficient (Wildman–Crippen LogP) is 2.53. The molecule has 1 aliphatic heterocycles. The molecule has 2 heterocycles. The molecular weight excluding hydrogens is 346 g/mol. The third kappa shape index (κ3) is 3.46. The Labute approximate surface area is 159 Å². The molecule has 2 fully saturated rings. The number of hydrogen-bond donors (Lipinski definition) is 0. The second-order valence-electron chi connectivity index (χ2n) is 7.43. The van der Waals surface area contributed by atoms with Crippen molar-refractivity contribution in [2.24, 2.45) is 5.92 Å². The van der Waals surface area contributed by atoms with Crippen LogP contribution in [0.25, 0.3) is 5.69 Å². The zero-order valence-corrected chi connectivity index (χ0v) is 16.2. The van der Waals surface area contributed by atoms with E-state index in [-0.39, 0.29) is 0 Å². The van der Waals surface area contributed by atoms with E-state index >= 15 is 0 Å². The number of carbonyl (C=O) groups is 1. The minimum Gasteiger partial charge on any atom is -0.340 e. The van der Waals surface area contributed by atoms with Gasteiger partial charge in [-0.05, 0) is 50.5 Å². The van der Waals surface area contributed by atoms with Gasteiger partial charge < -0.3 is 4.90 Å². The first-order chi connectivity index (χ1) is 12.5. The number of rotatable bonds is 4. The van der Waals surface area contributed by atoms with Gasteiger partial charge in [-0.1, -0.05) is 17.7 Å². The smallest absolute Gasteiger partial charge is 0.225 e. The molecule has 0 bridgehead atoms. The van der Waals surface area contributed by atoms with Crippen LogP contribution in [0.5, 0.6) is 0 Å². The van der Waals surface area contributed by atoms with E-state index < -0.39 is 0 Å². The molecule has 1 amide bonds. The number of amides is 1. The van der Waals surface area contributed by atoms with E-state index in [1.54, 1.807) is 6.33 Å². The van der Waals surface area contributed by atoms with Crippen molar-refractivity contribution >= 4 is 18.1 Å². The number of hydrogen-bond acceptors (Lipinski definition) is 4. The molecule has 6 nitrogen and oxygen atoms in total. The van der Waals surface area contributed by atoms with Crippen molar-refractivity contribution in [3.63, 3.8) is 0 Å². The average molecular weight is 372 g/mol. The molecule has 138 valence electrons. The third-order valence-electron chi connectivity index (χ3n) is 5.29. The van der Waals surface area contributed by atoms with Crippen LogP contribution in [0.15, 0.2) is 24.5 Å². The van der Waals surface area contributed by atoms with Gasteiger partial charge in [0.1, 0.15) is 6.33 Å². The quantitative estimate of drug-likeness (QED) is 0.775. The maximum atomic E-state index is 12.2. The first kappa shape index (κ1) is 17.4. The lowest BCUT2D eigenvalue weighted by atomic mass is 10.1. The summed E-state index contributed by atoms with van der Waals surface area (Å²) in [6, 6.07) is 6.34. The number of benzene rings is 1. The van der Waals surface area contributed by atoms with E-state index in [0.29, 0.717) is 23.3 Å². The fourth-order valence-electron chi connectivity index (χ4n) is 3.56. The Morgan fingerprint density at radius 2 is 1.92 bits per heavy atom. The first-order valence-corrected chi connectivity index (χ1v) is 9.67. The third-order valence-corrected chi connectivity index (χ3v) is 5.70. The van der Waals surface area contributed by atoms with Gasteiger partial charge in [0.2, 0.25) is 10.7 Å². The number of carbonyl (C=O) groups excluding carboxylic acids is 1. The monoisotopic (exact) mass is 371 g/mol. The van der Waals surface area contributed by atoms with Gasteiger partial charge in [0.25, 0.3) is 0 Å².